The van der Waals surface area contributed by atoms with Gasteiger partial charge in [0.05, 0.1) is 19.1 Å². The van der Waals surface area contributed by atoms with Crippen LogP contribution in [0.15, 0.2) is 17.2 Å². The number of halogens is 1. The largest absolute Gasteiger partial charge is 0.379 e. The van der Waals surface area contributed by atoms with Crippen LogP contribution in [0.2, 0.25) is 0 Å². The summed E-state index contributed by atoms with van der Waals surface area (Å²) < 4.78 is 33.7. The van der Waals surface area contributed by atoms with Crippen molar-refractivity contribution in [3.05, 3.63) is 18.0 Å². The number of morpholine rings is 1. The monoisotopic (exact) mass is 304 g/mol. The standard InChI is InChI=1S/C12H17ClN2O3S/c13-8-11-7-12(9-15(11)10-1-2-10)19(16,17)14-3-5-18-6-4-14/h7,9-10H,1-6,8H2. The van der Waals surface area contributed by atoms with Crippen LogP contribution < -0.4 is 0 Å². The summed E-state index contributed by atoms with van der Waals surface area (Å²) in [7, 11) is -3.41. The molecule has 7 heteroatoms. The van der Waals surface area contributed by atoms with E-state index in [1.807, 2.05) is 4.57 Å². The Balaban J connectivity index is 1.91. The van der Waals surface area contributed by atoms with Crippen LogP contribution in [-0.4, -0.2) is 43.6 Å². The first-order valence-corrected chi connectivity index (χ1v) is 8.45. The van der Waals surface area contributed by atoms with E-state index < -0.39 is 10.0 Å². The second-order valence-corrected chi connectivity index (χ2v) is 7.16. The summed E-state index contributed by atoms with van der Waals surface area (Å²) in [6.45, 7) is 1.77. The number of rotatable bonds is 4. The van der Waals surface area contributed by atoms with Crippen LogP contribution in [-0.2, 0) is 20.6 Å². The molecule has 1 saturated carbocycles. The Labute approximate surface area is 118 Å². The van der Waals surface area contributed by atoms with E-state index in [0.717, 1.165) is 18.5 Å². The topological polar surface area (TPSA) is 51.5 Å². The summed E-state index contributed by atoms with van der Waals surface area (Å²) in [5, 5.41) is 0. The minimum Gasteiger partial charge on any atom is -0.379 e. The first-order valence-electron chi connectivity index (χ1n) is 6.47. The Kier molecular flexibility index (Phi) is 3.59. The predicted octanol–water partition coefficient (Wildman–Crippen LogP) is 1.58. The smallest absolute Gasteiger partial charge is 0.244 e. The molecule has 1 aromatic rings. The molecule has 0 radical (unpaired) electrons. The molecule has 3 rings (SSSR count). The number of ether oxygens (including phenoxy) is 1. The predicted molar refractivity (Wildman–Crippen MR) is 71.8 cm³/mol. The number of aromatic nitrogens is 1. The molecule has 5 nitrogen and oxygen atoms in total. The Hall–Kier alpha value is -0.560. The van der Waals surface area contributed by atoms with Crippen LogP contribution in [0, 0.1) is 0 Å². The molecule has 0 bridgehead atoms. The van der Waals surface area contributed by atoms with Gasteiger partial charge in [-0.05, 0) is 18.9 Å². The highest BCUT2D eigenvalue weighted by Crippen LogP contribution is 2.38. The molecule has 2 fully saturated rings. The zero-order chi connectivity index (χ0) is 13.5. The summed E-state index contributed by atoms with van der Waals surface area (Å²) in [5.41, 5.74) is 0.885. The molecule has 1 aromatic heterocycles. The van der Waals surface area contributed by atoms with Gasteiger partial charge in [0.25, 0.3) is 0 Å². The Bertz CT molecular complexity index is 560. The lowest BCUT2D eigenvalue weighted by Crippen LogP contribution is -2.40. The van der Waals surface area contributed by atoms with Crippen molar-refractivity contribution in [3.8, 4) is 0 Å². The van der Waals surface area contributed by atoms with Crippen LogP contribution in [0.4, 0.5) is 0 Å². The lowest BCUT2D eigenvalue weighted by molar-refractivity contribution is 0.0730. The number of nitrogens with zero attached hydrogens (tertiary/aromatic N) is 2. The molecule has 2 aliphatic rings. The highest BCUT2D eigenvalue weighted by Gasteiger charge is 2.31. The molecular weight excluding hydrogens is 288 g/mol. The van der Waals surface area contributed by atoms with E-state index in [1.54, 1.807) is 12.3 Å². The van der Waals surface area contributed by atoms with Gasteiger partial charge in [-0.15, -0.1) is 11.6 Å². The van der Waals surface area contributed by atoms with Crippen molar-refractivity contribution in [3.63, 3.8) is 0 Å². The summed E-state index contributed by atoms with van der Waals surface area (Å²) in [4.78, 5) is 0.358. The van der Waals surface area contributed by atoms with E-state index in [9.17, 15) is 8.42 Å². The molecule has 0 spiro atoms. The number of hydrogen-bond acceptors (Lipinski definition) is 3. The van der Waals surface area contributed by atoms with E-state index in [-0.39, 0.29) is 0 Å². The molecule has 1 saturated heterocycles. The summed E-state index contributed by atoms with van der Waals surface area (Å²) in [6.07, 6.45) is 3.95. The lowest BCUT2D eigenvalue weighted by Gasteiger charge is -2.25. The third-order valence-electron chi connectivity index (χ3n) is 3.59. The van der Waals surface area contributed by atoms with Crippen LogP contribution in [0.5, 0.6) is 0 Å². The normalized spacial score (nSPS) is 21.7. The number of hydrogen-bond donors (Lipinski definition) is 0. The van der Waals surface area contributed by atoms with E-state index in [1.165, 1.54) is 4.31 Å². The molecule has 19 heavy (non-hydrogen) atoms. The van der Waals surface area contributed by atoms with Crippen molar-refractivity contribution >= 4 is 21.6 Å². The van der Waals surface area contributed by atoms with E-state index in [4.69, 9.17) is 16.3 Å². The fraction of sp³-hybridized carbons (Fsp3) is 0.667. The fourth-order valence-electron chi connectivity index (χ4n) is 2.37. The molecule has 1 aliphatic carbocycles. The molecule has 0 unspecified atom stereocenters. The summed E-state index contributed by atoms with van der Waals surface area (Å²) in [5.74, 6) is 0.342. The van der Waals surface area contributed by atoms with Gasteiger partial charge in [0.15, 0.2) is 0 Å². The van der Waals surface area contributed by atoms with E-state index >= 15 is 0 Å². The van der Waals surface area contributed by atoms with Crippen molar-refractivity contribution in [2.24, 2.45) is 0 Å². The van der Waals surface area contributed by atoms with Crippen LogP contribution in [0.25, 0.3) is 0 Å². The fourth-order valence-corrected chi connectivity index (χ4v) is 4.05. The molecular formula is C12H17ClN2O3S. The van der Waals surface area contributed by atoms with Gasteiger partial charge in [0.1, 0.15) is 4.90 Å². The zero-order valence-corrected chi connectivity index (χ0v) is 12.2. The van der Waals surface area contributed by atoms with Gasteiger partial charge in [0, 0.05) is 31.0 Å². The van der Waals surface area contributed by atoms with Gasteiger partial charge in [-0.3, -0.25) is 0 Å². The molecule has 2 heterocycles. The van der Waals surface area contributed by atoms with Gasteiger partial charge in [0.2, 0.25) is 10.0 Å². The van der Waals surface area contributed by atoms with Crippen LogP contribution in [0.1, 0.15) is 24.6 Å². The van der Waals surface area contributed by atoms with Gasteiger partial charge < -0.3 is 9.30 Å². The van der Waals surface area contributed by atoms with E-state index in [0.29, 0.717) is 43.1 Å². The average Bonchev–Trinajstić information content (AvgIpc) is 3.18. The molecule has 0 N–H and O–H groups in total. The Morgan fingerprint density at radius 3 is 2.58 bits per heavy atom. The Morgan fingerprint density at radius 1 is 1.32 bits per heavy atom. The minimum atomic E-state index is -3.41. The van der Waals surface area contributed by atoms with Crippen LogP contribution >= 0.6 is 11.6 Å². The average molecular weight is 305 g/mol. The third-order valence-corrected chi connectivity index (χ3v) is 5.73. The van der Waals surface area contributed by atoms with Gasteiger partial charge in [-0.25, -0.2) is 8.42 Å². The second kappa shape index (κ2) is 5.09. The molecule has 0 aromatic carbocycles. The SMILES string of the molecule is O=S(=O)(c1cc(CCl)n(C2CC2)c1)N1CCOCC1. The molecule has 1 aliphatic heterocycles. The van der Waals surface area contributed by atoms with Crippen molar-refractivity contribution in [1.29, 1.82) is 0 Å². The first kappa shape index (κ1) is 13.4. The summed E-state index contributed by atoms with van der Waals surface area (Å²) in [6, 6.07) is 2.14. The zero-order valence-electron chi connectivity index (χ0n) is 10.6. The van der Waals surface area contributed by atoms with Gasteiger partial charge in [-0.1, -0.05) is 0 Å². The van der Waals surface area contributed by atoms with Crippen molar-refractivity contribution in [2.45, 2.75) is 29.7 Å². The molecule has 0 atom stereocenters. The van der Waals surface area contributed by atoms with Gasteiger partial charge in [-0.2, -0.15) is 4.31 Å². The van der Waals surface area contributed by atoms with Crippen molar-refractivity contribution in [2.75, 3.05) is 26.3 Å². The summed E-state index contributed by atoms with van der Waals surface area (Å²) >= 11 is 5.90. The lowest BCUT2D eigenvalue weighted by atomic mass is 10.5. The second-order valence-electron chi connectivity index (χ2n) is 4.96. The van der Waals surface area contributed by atoms with Crippen molar-refractivity contribution < 1.29 is 13.2 Å². The van der Waals surface area contributed by atoms with Crippen LogP contribution in [0.3, 0.4) is 0 Å². The molecule has 0 amide bonds. The minimum absolute atomic E-state index is 0.342. The quantitative estimate of drug-likeness (QED) is 0.794. The van der Waals surface area contributed by atoms with Crippen molar-refractivity contribution in [1.82, 2.24) is 8.87 Å². The third kappa shape index (κ3) is 2.54. The number of alkyl halides is 1. The maximum atomic E-state index is 12.5. The first-order chi connectivity index (χ1) is 9.13. The maximum Gasteiger partial charge on any atom is 0.244 e. The van der Waals surface area contributed by atoms with Gasteiger partial charge >= 0.3 is 0 Å². The Morgan fingerprint density at radius 2 is 2.00 bits per heavy atom. The highest BCUT2D eigenvalue weighted by molar-refractivity contribution is 7.89. The van der Waals surface area contributed by atoms with E-state index in [2.05, 4.69) is 0 Å². The molecule has 106 valence electrons. The number of sulfonamides is 1. The highest BCUT2D eigenvalue weighted by atomic mass is 35.5. The maximum absolute atomic E-state index is 12.5.